The van der Waals surface area contributed by atoms with Crippen LogP contribution in [0.4, 0.5) is 13.2 Å². The maximum Gasteiger partial charge on any atom is 0.391 e. The van der Waals surface area contributed by atoms with Crippen LogP contribution < -0.4 is 5.56 Å². The molecule has 0 atom stereocenters. The maximum absolute atomic E-state index is 12.8. The van der Waals surface area contributed by atoms with Gasteiger partial charge in [0.05, 0.1) is 29.6 Å². The Labute approximate surface area is 155 Å². The number of fused-ring (bicyclic) bond motifs is 1. The third-order valence-corrected chi connectivity index (χ3v) is 4.99. The third kappa shape index (κ3) is 3.04. The number of carbonyl (C=O) groups is 1. The molecule has 1 saturated heterocycles. The Hall–Kier alpha value is -3.18. The van der Waals surface area contributed by atoms with Crippen LogP contribution in [-0.4, -0.2) is 60.0 Å². The van der Waals surface area contributed by atoms with E-state index in [9.17, 15) is 22.8 Å². The summed E-state index contributed by atoms with van der Waals surface area (Å²) in [6.07, 6.45) is -1.80. The van der Waals surface area contributed by atoms with Crippen LogP contribution in [-0.2, 0) is 0 Å². The van der Waals surface area contributed by atoms with Gasteiger partial charge in [0.2, 0.25) is 5.95 Å². The van der Waals surface area contributed by atoms with Crippen molar-refractivity contribution in [3.8, 4) is 5.95 Å². The summed E-state index contributed by atoms with van der Waals surface area (Å²) in [6.45, 7) is 1.69. The number of aromatic nitrogens is 6. The average Bonchev–Trinajstić information content (AvgIpc) is 3.27. The molecule has 0 aromatic carbocycles. The van der Waals surface area contributed by atoms with Crippen molar-refractivity contribution in [3.05, 3.63) is 34.0 Å². The normalized spacial score (nSPS) is 16.1. The fourth-order valence-electron chi connectivity index (χ4n) is 3.35. The second kappa shape index (κ2) is 6.46. The van der Waals surface area contributed by atoms with Crippen molar-refractivity contribution in [2.24, 2.45) is 5.92 Å². The zero-order valence-electron chi connectivity index (χ0n) is 14.7. The van der Waals surface area contributed by atoms with Gasteiger partial charge in [-0.15, -0.1) is 0 Å². The first kappa shape index (κ1) is 18.2. The summed E-state index contributed by atoms with van der Waals surface area (Å²) in [7, 11) is 0. The number of nitrogens with one attached hydrogen (secondary N) is 2. The zero-order chi connectivity index (χ0) is 20.1. The minimum atomic E-state index is -4.24. The van der Waals surface area contributed by atoms with E-state index in [2.05, 4.69) is 25.3 Å². The number of hydrogen-bond donors (Lipinski definition) is 2. The van der Waals surface area contributed by atoms with Crippen molar-refractivity contribution in [1.29, 1.82) is 0 Å². The van der Waals surface area contributed by atoms with Gasteiger partial charge in [-0.2, -0.15) is 28.4 Å². The van der Waals surface area contributed by atoms with Gasteiger partial charge in [-0.05, 0) is 19.8 Å². The Morgan fingerprint density at radius 1 is 1.25 bits per heavy atom. The van der Waals surface area contributed by atoms with E-state index in [0.29, 0.717) is 5.69 Å². The van der Waals surface area contributed by atoms with Crippen LogP contribution in [0, 0.1) is 12.8 Å². The quantitative estimate of drug-likeness (QED) is 0.684. The monoisotopic (exact) mass is 395 g/mol. The van der Waals surface area contributed by atoms with E-state index in [4.69, 9.17) is 0 Å². The van der Waals surface area contributed by atoms with E-state index < -0.39 is 23.6 Å². The molecular formula is C16H16F3N7O2. The predicted molar refractivity (Wildman–Crippen MR) is 91.1 cm³/mol. The summed E-state index contributed by atoms with van der Waals surface area (Å²) >= 11 is 0. The number of nitrogens with zero attached hydrogens (tertiary/aromatic N) is 5. The Bertz CT molecular complexity index is 1090. The average molecular weight is 395 g/mol. The number of amides is 1. The summed E-state index contributed by atoms with van der Waals surface area (Å²) in [5.74, 6) is -1.67. The van der Waals surface area contributed by atoms with Crippen molar-refractivity contribution in [1.82, 2.24) is 34.8 Å². The Balaban J connectivity index is 1.58. The van der Waals surface area contributed by atoms with Gasteiger partial charge >= 0.3 is 6.18 Å². The molecular weight excluding hydrogens is 379 g/mol. The molecule has 12 heteroatoms. The molecule has 0 unspecified atom stereocenters. The summed E-state index contributed by atoms with van der Waals surface area (Å²) < 4.78 is 39.7. The van der Waals surface area contributed by atoms with E-state index in [1.165, 1.54) is 22.0 Å². The number of carbonyl (C=O) groups excluding carboxylic acids is 1. The number of hydrogen-bond acceptors (Lipinski definition) is 5. The van der Waals surface area contributed by atoms with Crippen LogP contribution in [0.2, 0.25) is 0 Å². The van der Waals surface area contributed by atoms with Crippen LogP contribution in [0.3, 0.4) is 0 Å². The van der Waals surface area contributed by atoms with Gasteiger partial charge in [-0.25, -0.2) is 4.68 Å². The lowest BCUT2D eigenvalue weighted by atomic mass is 9.96. The molecule has 1 aliphatic rings. The fourth-order valence-corrected chi connectivity index (χ4v) is 3.35. The van der Waals surface area contributed by atoms with Crippen LogP contribution in [0.15, 0.2) is 17.2 Å². The number of halogens is 3. The summed E-state index contributed by atoms with van der Waals surface area (Å²) in [4.78, 5) is 33.0. The molecule has 0 bridgehead atoms. The lowest BCUT2D eigenvalue weighted by Crippen LogP contribution is -2.42. The number of rotatable bonds is 2. The lowest BCUT2D eigenvalue weighted by molar-refractivity contribution is -0.183. The number of H-pyrrole nitrogens is 2. The van der Waals surface area contributed by atoms with Crippen LogP contribution >= 0.6 is 0 Å². The molecule has 0 aliphatic carbocycles. The van der Waals surface area contributed by atoms with Gasteiger partial charge in [0, 0.05) is 13.1 Å². The number of piperidine rings is 1. The summed E-state index contributed by atoms with van der Waals surface area (Å²) in [6, 6.07) is 0. The molecule has 0 radical (unpaired) electrons. The molecule has 3 aromatic heterocycles. The SMILES string of the molecule is Cc1c(C(=O)N2CCC(C(F)(F)F)CC2)cnn1-c1nc2[nH]ncc2c(=O)[nH]1. The smallest absolute Gasteiger partial charge is 0.339 e. The zero-order valence-corrected chi connectivity index (χ0v) is 14.7. The van der Waals surface area contributed by atoms with Gasteiger partial charge < -0.3 is 4.90 Å². The van der Waals surface area contributed by atoms with Crippen molar-refractivity contribution >= 4 is 16.9 Å². The van der Waals surface area contributed by atoms with E-state index in [1.807, 2.05) is 0 Å². The molecule has 4 heterocycles. The Morgan fingerprint density at radius 2 is 1.96 bits per heavy atom. The van der Waals surface area contributed by atoms with Gasteiger partial charge in [0.15, 0.2) is 5.65 Å². The first-order valence-electron chi connectivity index (χ1n) is 8.60. The van der Waals surface area contributed by atoms with E-state index in [1.54, 1.807) is 6.92 Å². The van der Waals surface area contributed by atoms with Crippen molar-refractivity contribution < 1.29 is 18.0 Å². The molecule has 0 spiro atoms. The number of aromatic amines is 2. The fraction of sp³-hybridized carbons (Fsp3) is 0.438. The first-order chi connectivity index (χ1) is 13.3. The largest absolute Gasteiger partial charge is 0.391 e. The number of likely N-dealkylation sites (tertiary alicyclic amines) is 1. The molecule has 3 aromatic rings. The van der Waals surface area contributed by atoms with Gasteiger partial charge in [-0.1, -0.05) is 0 Å². The van der Waals surface area contributed by atoms with E-state index in [0.717, 1.165) is 0 Å². The minimum absolute atomic E-state index is 0.0306. The molecule has 1 aliphatic heterocycles. The van der Waals surface area contributed by atoms with Gasteiger partial charge in [0.25, 0.3) is 11.5 Å². The highest BCUT2D eigenvalue weighted by Gasteiger charge is 2.42. The summed E-state index contributed by atoms with van der Waals surface area (Å²) in [5.41, 5.74) is 0.532. The maximum atomic E-state index is 12.8. The Morgan fingerprint density at radius 3 is 2.64 bits per heavy atom. The molecule has 2 N–H and O–H groups in total. The molecule has 0 saturated carbocycles. The van der Waals surface area contributed by atoms with E-state index in [-0.39, 0.29) is 48.5 Å². The van der Waals surface area contributed by atoms with Crippen molar-refractivity contribution in [3.63, 3.8) is 0 Å². The lowest BCUT2D eigenvalue weighted by Gasteiger charge is -2.32. The molecule has 9 nitrogen and oxygen atoms in total. The minimum Gasteiger partial charge on any atom is -0.339 e. The molecule has 28 heavy (non-hydrogen) atoms. The molecule has 1 amide bonds. The first-order valence-corrected chi connectivity index (χ1v) is 8.60. The highest BCUT2D eigenvalue weighted by Crippen LogP contribution is 2.34. The van der Waals surface area contributed by atoms with Crippen LogP contribution in [0.1, 0.15) is 28.9 Å². The van der Waals surface area contributed by atoms with Crippen molar-refractivity contribution in [2.45, 2.75) is 25.9 Å². The predicted octanol–water partition coefficient (Wildman–Crippen LogP) is 1.55. The summed E-state index contributed by atoms with van der Waals surface area (Å²) in [5, 5.41) is 10.8. The number of alkyl halides is 3. The van der Waals surface area contributed by atoms with Gasteiger partial charge in [-0.3, -0.25) is 19.7 Å². The second-order valence-electron chi connectivity index (χ2n) is 6.69. The molecule has 4 rings (SSSR count). The van der Waals surface area contributed by atoms with E-state index >= 15 is 0 Å². The second-order valence-corrected chi connectivity index (χ2v) is 6.69. The van der Waals surface area contributed by atoms with Crippen molar-refractivity contribution in [2.75, 3.05) is 13.1 Å². The topological polar surface area (TPSA) is 113 Å². The van der Waals surface area contributed by atoms with Gasteiger partial charge in [0.1, 0.15) is 5.39 Å². The highest BCUT2D eigenvalue weighted by molar-refractivity contribution is 5.95. The molecule has 1 fully saturated rings. The molecule has 148 valence electrons. The highest BCUT2D eigenvalue weighted by atomic mass is 19.4. The van der Waals surface area contributed by atoms with Crippen LogP contribution in [0.25, 0.3) is 17.0 Å². The standard InChI is InChI=1S/C16H16F3N7O2/c1-8-10(14(28)25-4-2-9(3-5-25)16(17,18)19)7-21-26(8)15-22-12-11(6-20-24-12)13(27)23-15/h6-7,9H,2-5H2,1H3,(H2,20,22,23,24,27). The Kier molecular flexibility index (Phi) is 4.20. The third-order valence-electron chi connectivity index (χ3n) is 4.99. The van der Waals surface area contributed by atoms with Crippen LogP contribution in [0.5, 0.6) is 0 Å².